The molecule has 130 valence electrons. The fourth-order valence-corrected chi connectivity index (χ4v) is 4.56. The number of carbonyl (C=O) groups is 1. The Kier molecular flexibility index (Phi) is 4.54. The Labute approximate surface area is 153 Å². The molecule has 0 spiro atoms. The van der Waals surface area contributed by atoms with Crippen LogP contribution in [0.3, 0.4) is 0 Å². The van der Waals surface area contributed by atoms with E-state index in [-0.39, 0.29) is 11.8 Å². The maximum Gasteiger partial charge on any atom is 0.229 e. The van der Waals surface area contributed by atoms with Crippen molar-refractivity contribution in [3.05, 3.63) is 29.8 Å². The Balaban J connectivity index is 1.40. The normalized spacial score (nSPS) is 15.5. The highest BCUT2D eigenvalue weighted by molar-refractivity contribution is 7.22. The molecule has 0 bridgehead atoms. The van der Waals surface area contributed by atoms with Crippen molar-refractivity contribution in [3.8, 4) is 5.75 Å². The number of amides is 1. The van der Waals surface area contributed by atoms with Gasteiger partial charge in [-0.1, -0.05) is 11.3 Å². The number of fused-ring (bicyclic) bond motifs is 1. The van der Waals surface area contributed by atoms with Crippen LogP contribution in [0.15, 0.2) is 29.8 Å². The van der Waals surface area contributed by atoms with E-state index in [1.165, 1.54) is 11.3 Å². The standard InChI is InChI=1S/C17H18N4O2S2/c1-23-12-2-3-13-14(10-12)25-17(19-13)21-7-4-11(5-8-21)15(22)20-16-18-6-9-24-16/h2-3,6,9-11H,4-5,7-8H2,1H3,(H,18,20,22). The number of rotatable bonds is 4. The number of nitrogens with one attached hydrogen (secondary N) is 1. The largest absolute Gasteiger partial charge is 0.497 e. The highest BCUT2D eigenvalue weighted by Crippen LogP contribution is 2.33. The number of hydrogen-bond donors (Lipinski definition) is 1. The van der Waals surface area contributed by atoms with Crippen molar-refractivity contribution in [2.45, 2.75) is 12.8 Å². The fraction of sp³-hybridized carbons (Fsp3) is 0.353. The SMILES string of the molecule is COc1ccc2nc(N3CCC(C(=O)Nc4nccs4)CC3)sc2c1. The third-order valence-corrected chi connectivity index (χ3v) is 6.15. The van der Waals surface area contributed by atoms with Crippen LogP contribution in [-0.2, 0) is 4.79 Å². The van der Waals surface area contributed by atoms with Gasteiger partial charge in [0.2, 0.25) is 5.91 Å². The van der Waals surface area contributed by atoms with E-state index in [0.717, 1.165) is 47.0 Å². The number of benzene rings is 1. The minimum Gasteiger partial charge on any atom is -0.497 e. The Bertz CT molecular complexity index is 870. The topological polar surface area (TPSA) is 67.3 Å². The van der Waals surface area contributed by atoms with Gasteiger partial charge in [0.15, 0.2) is 10.3 Å². The molecular weight excluding hydrogens is 356 g/mol. The van der Waals surface area contributed by atoms with Gasteiger partial charge in [0.25, 0.3) is 0 Å². The summed E-state index contributed by atoms with van der Waals surface area (Å²) in [5.74, 6) is 0.957. The molecule has 0 aliphatic carbocycles. The van der Waals surface area contributed by atoms with Gasteiger partial charge in [-0.25, -0.2) is 9.97 Å². The molecule has 6 nitrogen and oxygen atoms in total. The molecule has 1 N–H and O–H groups in total. The molecule has 0 saturated carbocycles. The fourth-order valence-electron chi connectivity index (χ4n) is 2.98. The van der Waals surface area contributed by atoms with E-state index in [1.54, 1.807) is 24.6 Å². The molecule has 1 aliphatic rings. The molecule has 2 aromatic heterocycles. The summed E-state index contributed by atoms with van der Waals surface area (Å²) in [6.45, 7) is 1.68. The molecule has 0 unspecified atom stereocenters. The lowest BCUT2D eigenvalue weighted by molar-refractivity contribution is -0.120. The number of ether oxygens (including phenoxy) is 1. The minimum absolute atomic E-state index is 0.0367. The summed E-state index contributed by atoms with van der Waals surface area (Å²) < 4.78 is 6.40. The van der Waals surface area contributed by atoms with Gasteiger partial charge in [0.05, 0.1) is 17.3 Å². The highest BCUT2D eigenvalue weighted by Gasteiger charge is 2.26. The predicted octanol–water partition coefficient (Wildman–Crippen LogP) is 3.62. The Morgan fingerprint density at radius 1 is 1.36 bits per heavy atom. The molecule has 8 heteroatoms. The quantitative estimate of drug-likeness (QED) is 0.755. The van der Waals surface area contributed by atoms with Crippen LogP contribution < -0.4 is 15.0 Å². The zero-order valence-electron chi connectivity index (χ0n) is 13.8. The molecule has 1 aromatic carbocycles. The van der Waals surface area contributed by atoms with E-state index in [9.17, 15) is 4.79 Å². The van der Waals surface area contributed by atoms with E-state index >= 15 is 0 Å². The minimum atomic E-state index is 0.0367. The highest BCUT2D eigenvalue weighted by atomic mass is 32.1. The summed E-state index contributed by atoms with van der Waals surface area (Å²) in [5, 5.41) is 6.45. The maximum absolute atomic E-state index is 12.3. The maximum atomic E-state index is 12.3. The van der Waals surface area contributed by atoms with Crippen LogP contribution in [0.1, 0.15) is 12.8 Å². The summed E-state index contributed by atoms with van der Waals surface area (Å²) in [6, 6.07) is 5.94. The first kappa shape index (κ1) is 16.3. The number of hydrogen-bond acceptors (Lipinski definition) is 7. The van der Waals surface area contributed by atoms with Crippen molar-refractivity contribution in [2.24, 2.45) is 5.92 Å². The first-order chi connectivity index (χ1) is 12.2. The summed E-state index contributed by atoms with van der Waals surface area (Å²) in [6.07, 6.45) is 3.36. The van der Waals surface area contributed by atoms with Crippen molar-refractivity contribution in [1.29, 1.82) is 0 Å². The van der Waals surface area contributed by atoms with Crippen molar-refractivity contribution >= 4 is 49.1 Å². The average Bonchev–Trinajstić information content (AvgIpc) is 3.30. The molecule has 3 aromatic rings. The monoisotopic (exact) mass is 374 g/mol. The van der Waals surface area contributed by atoms with Gasteiger partial charge in [-0.15, -0.1) is 11.3 Å². The third kappa shape index (κ3) is 3.45. The molecule has 4 rings (SSSR count). The third-order valence-electron chi connectivity index (χ3n) is 4.38. The van der Waals surface area contributed by atoms with Gasteiger partial charge in [-0.3, -0.25) is 4.79 Å². The number of piperidine rings is 1. The van der Waals surface area contributed by atoms with Gasteiger partial charge in [0.1, 0.15) is 5.75 Å². The van der Waals surface area contributed by atoms with Crippen molar-refractivity contribution in [1.82, 2.24) is 9.97 Å². The molecule has 3 heterocycles. The van der Waals surface area contributed by atoms with Crippen LogP contribution in [0.2, 0.25) is 0 Å². The summed E-state index contributed by atoms with van der Waals surface area (Å²) in [5.41, 5.74) is 0.990. The zero-order valence-corrected chi connectivity index (χ0v) is 15.4. The Morgan fingerprint density at radius 2 is 2.20 bits per heavy atom. The number of methoxy groups -OCH3 is 1. The Hall–Kier alpha value is -2.19. The van der Waals surface area contributed by atoms with Gasteiger partial charge in [0, 0.05) is 30.6 Å². The number of nitrogens with zero attached hydrogens (tertiary/aromatic N) is 3. The number of carbonyl (C=O) groups excluding carboxylic acids is 1. The Morgan fingerprint density at radius 3 is 2.92 bits per heavy atom. The van der Waals surface area contributed by atoms with Crippen LogP contribution in [0.5, 0.6) is 5.75 Å². The van der Waals surface area contributed by atoms with Crippen LogP contribution in [0, 0.1) is 5.92 Å². The second-order valence-electron chi connectivity index (χ2n) is 5.92. The van der Waals surface area contributed by atoms with Crippen LogP contribution in [-0.4, -0.2) is 36.1 Å². The number of thiazole rings is 2. The second kappa shape index (κ2) is 6.97. The van der Waals surface area contributed by atoms with Crippen LogP contribution in [0.25, 0.3) is 10.2 Å². The van der Waals surface area contributed by atoms with Crippen LogP contribution >= 0.6 is 22.7 Å². The molecule has 1 fully saturated rings. The van der Waals surface area contributed by atoms with Crippen molar-refractivity contribution < 1.29 is 9.53 Å². The lowest BCUT2D eigenvalue weighted by atomic mass is 9.96. The van der Waals surface area contributed by atoms with Crippen molar-refractivity contribution in [3.63, 3.8) is 0 Å². The van der Waals surface area contributed by atoms with E-state index < -0.39 is 0 Å². The number of anilines is 2. The van der Waals surface area contributed by atoms with E-state index in [0.29, 0.717) is 5.13 Å². The lowest BCUT2D eigenvalue weighted by Gasteiger charge is -2.30. The summed E-state index contributed by atoms with van der Waals surface area (Å²) >= 11 is 3.12. The molecule has 0 radical (unpaired) electrons. The van der Waals surface area contributed by atoms with E-state index in [4.69, 9.17) is 9.72 Å². The number of aromatic nitrogens is 2. The molecule has 1 amide bonds. The molecule has 0 atom stereocenters. The van der Waals surface area contributed by atoms with Gasteiger partial charge < -0.3 is 15.0 Å². The predicted molar refractivity (Wildman–Crippen MR) is 102 cm³/mol. The van der Waals surface area contributed by atoms with Gasteiger partial charge >= 0.3 is 0 Å². The average molecular weight is 374 g/mol. The smallest absolute Gasteiger partial charge is 0.229 e. The van der Waals surface area contributed by atoms with E-state index in [1.807, 2.05) is 23.6 Å². The molecule has 25 heavy (non-hydrogen) atoms. The van der Waals surface area contributed by atoms with Gasteiger partial charge in [-0.05, 0) is 31.0 Å². The summed E-state index contributed by atoms with van der Waals surface area (Å²) in [4.78, 5) is 23.4. The van der Waals surface area contributed by atoms with Gasteiger partial charge in [-0.2, -0.15) is 0 Å². The van der Waals surface area contributed by atoms with Crippen LogP contribution in [0.4, 0.5) is 10.3 Å². The molecular formula is C17H18N4O2S2. The summed E-state index contributed by atoms with van der Waals surface area (Å²) in [7, 11) is 1.67. The molecule has 1 aliphatic heterocycles. The van der Waals surface area contributed by atoms with E-state index in [2.05, 4.69) is 15.2 Å². The molecule has 1 saturated heterocycles. The van der Waals surface area contributed by atoms with Crippen molar-refractivity contribution in [2.75, 3.05) is 30.4 Å². The first-order valence-corrected chi connectivity index (χ1v) is 9.82. The lowest BCUT2D eigenvalue weighted by Crippen LogP contribution is -2.38. The zero-order chi connectivity index (χ0) is 17.2. The second-order valence-corrected chi connectivity index (χ2v) is 7.82. The first-order valence-electron chi connectivity index (χ1n) is 8.13.